The van der Waals surface area contributed by atoms with Crippen LogP contribution in [0.4, 0.5) is 5.69 Å². The number of hydrogen-bond donors (Lipinski definition) is 0. The molecule has 19 heavy (non-hydrogen) atoms. The van der Waals surface area contributed by atoms with Gasteiger partial charge in [-0.3, -0.25) is 9.29 Å². The van der Waals surface area contributed by atoms with E-state index >= 15 is 0 Å². The molecule has 6 heteroatoms. The Labute approximate surface area is 121 Å². The highest BCUT2D eigenvalue weighted by molar-refractivity contribution is 9.10. The maximum absolute atomic E-state index is 12.5. The van der Waals surface area contributed by atoms with Crippen molar-refractivity contribution in [1.29, 1.82) is 0 Å². The van der Waals surface area contributed by atoms with Crippen LogP contribution in [0.2, 0.25) is 0 Å². The zero-order valence-electron chi connectivity index (χ0n) is 10.5. The fourth-order valence-electron chi connectivity index (χ4n) is 1.64. The Kier molecular flexibility index (Phi) is 3.91. The van der Waals surface area contributed by atoms with Crippen LogP contribution < -0.4 is 4.31 Å². The first-order chi connectivity index (χ1) is 8.93. The zero-order valence-corrected chi connectivity index (χ0v) is 12.9. The highest BCUT2D eigenvalue weighted by atomic mass is 79.9. The van der Waals surface area contributed by atoms with Crippen molar-refractivity contribution in [3.8, 4) is 0 Å². The number of nitrogens with zero attached hydrogens (tertiary/aromatic N) is 2. The van der Waals surface area contributed by atoms with Gasteiger partial charge in [0.2, 0.25) is 0 Å². The molecule has 0 bridgehead atoms. The Balaban J connectivity index is 2.48. The van der Waals surface area contributed by atoms with Gasteiger partial charge in [-0.2, -0.15) is 0 Å². The van der Waals surface area contributed by atoms with Crippen LogP contribution in [0.1, 0.15) is 5.56 Å². The molecule has 0 amide bonds. The quantitative estimate of drug-likeness (QED) is 0.862. The molecule has 100 valence electrons. The summed E-state index contributed by atoms with van der Waals surface area (Å²) in [7, 11) is -2.08. The molecule has 0 unspecified atom stereocenters. The highest BCUT2D eigenvalue weighted by Gasteiger charge is 2.23. The molecule has 0 saturated heterocycles. The number of hydrogen-bond acceptors (Lipinski definition) is 3. The summed E-state index contributed by atoms with van der Waals surface area (Å²) < 4.78 is 26.8. The van der Waals surface area contributed by atoms with Crippen LogP contribution in [-0.4, -0.2) is 20.4 Å². The zero-order chi connectivity index (χ0) is 14.0. The van der Waals surface area contributed by atoms with Gasteiger partial charge in [-0.15, -0.1) is 0 Å². The van der Waals surface area contributed by atoms with Crippen LogP contribution in [0.15, 0.2) is 52.1 Å². The summed E-state index contributed by atoms with van der Waals surface area (Å²) in [5, 5.41) is 0. The molecule has 2 aromatic rings. The molecule has 1 aromatic carbocycles. The van der Waals surface area contributed by atoms with Gasteiger partial charge in [-0.05, 0) is 52.7 Å². The number of aryl methyl sites for hydroxylation is 1. The van der Waals surface area contributed by atoms with Crippen LogP contribution in [0.25, 0.3) is 0 Å². The number of halogens is 1. The van der Waals surface area contributed by atoms with Crippen molar-refractivity contribution in [2.24, 2.45) is 0 Å². The summed E-state index contributed by atoms with van der Waals surface area (Å²) in [5.74, 6) is 0. The van der Waals surface area contributed by atoms with Crippen LogP contribution in [0, 0.1) is 6.92 Å². The van der Waals surface area contributed by atoms with E-state index in [2.05, 4.69) is 20.9 Å². The molecule has 2 rings (SSSR count). The van der Waals surface area contributed by atoms with Gasteiger partial charge in [0, 0.05) is 17.7 Å². The molecule has 0 aliphatic rings. The third kappa shape index (κ3) is 2.79. The summed E-state index contributed by atoms with van der Waals surface area (Å²) in [6.07, 6.45) is 3.12. The van der Waals surface area contributed by atoms with E-state index in [1.165, 1.54) is 17.5 Å². The van der Waals surface area contributed by atoms with Gasteiger partial charge in [-0.1, -0.05) is 6.07 Å². The summed E-state index contributed by atoms with van der Waals surface area (Å²) in [5.41, 5.74) is 1.52. The normalized spacial score (nSPS) is 11.3. The number of pyridine rings is 1. The third-order valence-electron chi connectivity index (χ3n) is 2.74. The van der Waals surface area contributed by atoms with Crippen molar-refractivity contribution in [2.75, 3.05) is 11.4 Å². The molecular formula is C13H13BrN2O2S. The molecule has 0 radical (unpaired) electrons. The van der Waals surface area contributed by atoms with E-state index in [1.54, 1.807) is 36.5 Å². The van der Waals surface area contributed by atoms with Crippen molar-refractivity contribution in [3.05, 3.63) is 52.8 Å². The van der Waals surface area contributed by atoms with Crippen LogP contribution in [-0.2, 0) is 10.0 Å². The maximum atomic E-state index is 12.5. The van der Waals surface area contributed by atoms with Gasteiger partial charge in [0.25, 0.3) is 10.0 Å². The number of anilines is 1. The second-order valence-corrected chi connectivity index (χ2v) is 6.91. The topological polar surface area (TPSA) is 50.3 Å². The van der Waals surface area contributed by atoms with Crippen molar-refractivity contribution in [2.45, 2.75) is 11.8 Å². The fourth-order valence-corrected chi connectivity index (χ4v) is 3.97. The van der Waals surface area contributed by atoms with Crippen LogP contribution in [0.5, 0.6) is 0 Å². The smallest absolute Gasteiger partial charge is 0.265 e. The summed E-state index contributed by atoms with van der Waals surface area (Å²) in [4.78, 5) is 4.17. The molecule has 0 saturated carbocycles. The second-order valence-electron chi connectivity index (χ2n) is 4.12. The van der Waals surface area contributed by atoms with Gasteiger partial charge >= 0.3 is 0 Å². The lowest BCUT2D eigenvalue weighted by Crippen LogP contribution is -2.26. The highest BCUT2D eigenvalue weighted by Crippen LogP contribution is 2.27. The second kappa shape index (κ2) is 5.30. The number of aromatic nitrogens is 1. The molecule has 1 heterocycles. The maximum Gasteiger partial charge on any atom is 0.265 e. The first kappa shape index (κ1) is 14.0. The van der Waals surface area contributed by atoms with E-state index in [9.17, 15) is 8.42 Å². The van der Waals surface area contributed by atoms with Gasteiger partial charge in [0.15, 0.2) is 0 Å². The average Bonchev–Trinajstić information content (AvgIpc) is 2.38. The van der Waals surface area contributed by atoms with Crippen molar-refractivity contribution < 1.29 is 8.42 Å². The Bertz CT molecular complexity index is 687. The van der Waals surface area contributed by atoms with Crippen molar-refractivity contribution >= 4 is 31.6 Å². The van der Waals surface area contributed by atoms with Gasteiger partial charge in [0.05, 0.1) is 11.9 Å². The van der Waals surface area contributed by atoms with Crippen LogP contribution in [0.3, 0.4) is 0 Å². The van der Waals surface area contributed by atoms with E-state index < -0.39 is 10.0 Å². The average molecular weight is 341 g/mol. The first-order valence-electron chi connectivity index (χ1n) is 5.58. The first-order valence-corrected chi connectivity index (χ1v) is 7.81. The lowest BCUT2D eigenvalue weighted by atomic mass is 10.2. The third-order valence-corrected chi connectivity index (χ3v) is 5.50. The Hall–Kier alpha value is -1.40. The molecule has 1 aromatic heterocycles. The monoisotopic (exact) mass is 340 g/mol. The van der Waals surface area contributed by atoms with E-state index in [4.69, 9.17) is 0 Å². The molecule has 0 N–H and O–H groups in total. The Morgan fingerprint density at radius 1 is 1.26 bits per heavy atom. The van der Waals surface area contributed by atoms with Gasteiger partial charge < -0.3 is 0 Å². The lowest BCUT2D eigenvalue weighted by Gasteiger charge is -2.19. The van der Waals surface area contributed by atoms with Crippen molar-refractivity contribution in [3.63, 3.8) is 0 Å². The SMILES string of the molecule is Cc1ccc(S(=O)(=O)N(C)c2cccnc2)c(Br)c1. The van der Waals surface area contributed by atoms with E-state index in [0.29, 0.717) is 10.2 Å². The van der Waals surface area contributed by atoms with Gasteiger partial charge in [-0.25, -0.2) is 8.42 Å². The molecule has 0 fully saturated rings. The molecule has 4 nitrogen and oxygen atoms in total. The van der Waals surface area contributed by atoms with E-state index in [1.807, 2.05) is 6.92 Å². The lowest BCUT2D eigenvalue weighted by molar-refractivity contribution is 0.594. The summed E-state index contributed by atoms with van der Waals surface area (Å²) in [6, 6.07) is 8.55. The molecule has 0 atom stereocenters. The summed E-state index contributed by atoms with van der Waals surface area (Å²) in [6.45, 7) is 1.91. The predicted molar refractivity (Wildman–Crippen MR) is 78.7 cm³/mol. The molecule has 0 aliphatic carbocycles. The molecule has 0 aliphatic heterocycles. The van der Waals surface area contributed by atoms with E-state index in [0.717, 1.165) is 5.56 Å². The molecule has 0 spiro atoms. The minimum absolute atomic E-state index is 0.240. The Morgan fingerprint density at radius 2 is 2.00 bits per heavy atom. The fraction of sp³-hybridized carbons (Fsp3) is 0.154. The van der Waals surface area contributed by atoms with Crippen LogP contribution >= 0.6 is 15.9 Å². The largest absolute Gasteiger partial charge is 0.268 e. The number of benzene rings is 1. The molecular weight excluding hydrogens is 328 g/mol. The minimum Gasteiger partial charge on any atom is -0.268 e. The van der Waals surface area contributed by atoms with E-state index in [-0.39, 0.29) is 4.90 Å². The minimum atomic E-state index is -3.59. The summed E-state index contributed by atoms with van der Waals surface area (Å²) >= 11 is 3.30. The number of sulfonamides is 1. The number of rotatable bonds is 3. The standard InChI is InChI=1S/C13H13BrN2O2S/c1-10-5-6-13(12(14)8-10)19(17,18)16(2)11-4-3-7-15-9-11/h3-9H,1-2H3. The van der Waals surface area contributed by atoms with Crippen molar-refractivity contribution in [1.82, 2.24) is 4.98 Å². The predicted octanol–water partition coefficient (Wildman–Crippen LogP) is 2.98. The Morgan fingerprint density at radius 3 is 2.58 bits per heavy atom. The van der Waals surface area contributed by atoms with Gasteiger partial charge in [0.1, 0.15) is 4.90 Å².